The minimum Gasteiger partial charge on any atom is -0.496 e. The van der Waals surface area contributed by atoms with Gasteiger partial charge in [0.05, 0.1) is 16.5 Å². The molecule has 0 fully saturated rings. The van der Waals surface area contributed by atoms with E-state index < -0.39 is 4.92 Å². The lowest BCUT2D eigenvalue weighted by atomic mass is 10.2. The molecule has 0 aliphatic rings. The summed E-state index contributed by atoms with van der Waals surface area (Å²) in [6.45, 7) is 0.553. The molecule has 0 heterocycles. The Morgan fingerprint density at radius 2 is 1.95 bits per heavy atom. The number of hydrogen-bond acceptors (Lipinski definition) is 4. The average molecular weight is 416 g/mol. The molecule has 5 nitrogen and oxygen atoms in total. The van der Waals surface area contributed by atoms with Crippen LogP contribution in [0, 0.1) is 10.1 Å². The van der Waals surface area contributed by atoms with Gasteiger partial charge in [-0.15, -0.1) is 0 Å². The normalized spacial score (nSPS) is 10.2. The van der Waals surface area contributed by atoms with E-state index in [9.17, 15) is 10.1 Å². The molecule has 0 radical (unpaired) electrons. The van der Waals surface area contributed by atoms with Gasteiger partial charge >= 0.3 is 0 Å². The van der Waals surface area contributed by atoms with Crippen LogP contribution in [-0.2, 0) is 6.54 Å². The maximum atomic E-state index is 10.7. The molecule has 0 aliphatic heterocycles. The van der Waals surface area contributed by atoms with E-state index >= 15 is 0 Å². The van der Waals surface area contributed by atoms with E-state index in [1.807, 2.05) is 18.2 Å². The molecule has 0 saturated carbocycles. The third-order valence-electron chi connectivity index (χ3n) is 2.88. The van der Waals surface area contributed by atoms with E-state index in [0.29, 0.717) is 11.0 Å². The van der Waals surface area contributed by atoms with Crippen molar-refractivity contribution in [3.63, 3.8) is 0 Å². The Balaban J connectivity index is 2.09. The first-order valence-electron chi connectivity index (χ1n) is 6.01. The SMILES string of the molecule is COc1ccc(NCc2ccc([N+](=O)[O-])cc2Br)cc1Br. The zero-order chi connectivity index (χ0) is 15.4. The topological polar surface area (TPSA) is 64.4 Å². The molecule has 1 N–H and O–H groups in total. The molecule has 2 aromatic carbocycles. The highest BCUT2D eigenvalue weighted by Crippen LogP contribution is 2.29. The third-order valence-corrected chi connectivity index (χ3v) is 4.24. The number of benzene rings is 2. The van der Waals surface area contributed by atoms with Crippen LogP contribution in [0.4, 0.5) is 11.4 Å². The monoisotopic (exact) mass is 414 g/mol. The number of nitrogens with one attached hydrogen (secondary N) is 1. The van der Waals surface area contributed by atoms with E-state index in [0.717, 1.165) is 21.5 Å². The summed E-state index contributed by atoms with van der Waals surface area (Å²) in [6.07, 6.45) is 0. The molecule has 0 aromatic heterocycles. The van der Waals surface area contributed by atoms with Crippen molar-refractivity contribution in [1.29, 1.82) is 0 Å². The smallest absolute Gasteiger partial charge is 0.270 e. The molecule has 7 heteroatoms. The number of nitrogens with zero attached hydrogens (tertiary/aromatic N) is 1. The fraction of sp³-hybridized carbons (Fsp3) is 0.143. The Morgan fingerprint density at radius 3 is 2.52 bits per heavy atom. The van der Waals surface area contributed by atoms with Gasteiger partial charge in [0.2, 0.25) is 0 Å². The highest BCUT2D eigenvalue weighted by Gasteiger charge is 2.09. The van der Waals surface area contributed by atoms with Crippen LogP contribution < -0.4 is 10.1 Å². The van der Waals surface area contributed by atoms with Crippen LogP contribution in [0.5, 0.6) is 5.75 Å². The highest BCUT2D eigenvalue weighted by atomic mass is 79.9. The Kier molecular flexibility index (Phi) is 5.19. The number of anilines is 1. The van der Waals surface area contributed by atoms with Gasteiger partial charge in [-0.05, 0) is 45.8 Å². The van der Waals surface area contributed by atoms with Crippen molar-refractivity contribution < 1.29 is 9.66 Å². The largest absolute Gasteiger partial charge is 0.496 e. The molecule has 0 unspecified atom stereocenters. The van der Waals surface area contributed by atoms with E-state index in [1.165, 1.54) is 12.1 Å². The summed E-state index contributed by atoms with van der Waals surface area (Å²) >= 11 is 6.78. The number of non-ortho nitro benzene ring substituents is 1. The van der Waals surface area contributed by atoms with Crippen LogP contribution >= 0.6 is 31.9 Å². The molecule has 2 aromatic rings. The van der Waals surface area contributed by atoms with Crippen molar-refractivity contribution >= 4 is 43.2 Å². The summed E-state index contributed by atoms with van der Waals surface area (Å²) in [5.74, 6) is 0.761. The maximum Gasteiger partial charge on any atom is 0.270 e. The lowest BCUT2D eigenvalue weighted by molar-refractivity contribution is -0.384. The number of methoxy groups -OCH3 is 1. The van der Waals surface area contributed by atoms with Crippen molar-refractivity contribution in [3.8, 4) is 5.75 Å². The predicted molar refractivity (Wildman–Crippen MR) is 88.8 cm³/mol. The number of nitro benzene ring substituents is 1. The second-order valence-electron chi connectivity index (χ2n) is 4.24. The van der Waals surface area contributed by atoms with Gasteiger partial charge in [-0.25, -0.2) is 0 Å². The number of hydrogen-bond donors (Lipinski definition) is 1. The molecule has 0 spiro atoms. The lowest BCUT2D eigenvalue weighted by Crippen LogP contribution is -2.01. The maximum absolute atomic E-state index is 10.7. The fourth-order valence-corrected chi connectivity index (χ4v) is 2.81. The molecule has 110 valence electrons. The number of ether oxygens (including phenoxy) is 1. The number of rotatable bonds is 5. The van der Waals surface area contributed by atoms with Crippen LogP contribution in [0.15, 0.2) is 45.3 Å². The Labute approximate surface area is 138 Å². The van der Waals surface area contributed by atoms with Gasteiger partial charge in [-0.3, -0.25) is 10.1 Å². The average Bonchev–Trinajstić information content (AvgIpc) is 2.46. The predicted octanol–water partition coefficient (Wildman–Crippen LogP) is 4.74. The second kappa shape index (κ2) is 6.91. The molecule has 0 aliphatic carbocycles. The summed E-state index contributed by atoms with van der Waals surface area (Å²) in [5, 5.41) is 14.0. The van der Waals surface area contributed by atoms with Gasteiger partial charge < -0.3 is 10.1 Å². The lowest BCUT2D eigenvalue weighted by Gasteiger charge is -2.10. The molecular weight excluding hydrogens is 404 g/mol. The van der Waals surface area contributed by atoms with Crippen molar-refractivity contribution in [2.75, 3.05) is 12.4 Å². The molecule has 0 atom stereocenters. The minimum absolute atomic E-state index is 0.0674. The minimum atomic E-state index is -0.414. The van der Waals surface area contributed by atoms with E-state index in [4.69, 9.17) is 4.74 Å². The zero-order valence-corrected chi connectivity index (χ0v) is 14.3. The third kappa shape index (κ3) is 3.95. The molecule has 0 amide bonds. The van der Waals surface area contributed by atoms with Crippen molar-refractivity contribution in [1.82, 2.24) is 0 Å². The van der Waals surface area contributed by atoms with E-state index in [1.54, 1.807) is 13.2 Å². The molecular formula is C14H12Br2N2O3. The fourth-order valence-electron chi connectivity index (χ4n) is 1.77. The zero-order valence-electron chi connectivity index (χ0n) is 11.1. The molecule has 0 bridgehead atoms. The van der Waals surface area contributed by atoms with Crippen LogP contribution in [0.3, 0.4) is 0 Å². The first-order chi connectivity index (χ1) is 10.0. The summed E-state index contributed by atoms with van der Waals surface area (Å²) in [4.78, 5) is 10.3. The van der Waals surface area contributed by atoms with E-state index in [2.05, 4.69) is 37.2 Å². The summed E-state index contributed by atoms with van der Waals surface area (Å²) in [6, 6.07) is 10.4. The van der Waals surface area contributed by atoms with Gasteiger partial charge in [0.15, 0.2) is 0 Å². The van der Waals surface area contributed by atoms with Gasteiger partial charge in [-0.1, -0.05) is 15.9 Å². The van der Waals surface area contributed by atoms with Gasteiger partial charge in [-0.2, -0.15) is 0 Å². The standard InChI is InChI=1S/C14H12Br2N2O3/c1-21-14-5-3-10(6-13(14)16)17-8-9-2-4-11(18(19)20)7-12(9)15/h2-7,17H,8H2,1H3. The molecule has 0 saturated heterocycles. The van der Waals surface area contributed by atoms with Gasteiger partial charge in [0, 0.05) is 28.8 Å². The van der Waals surface area contributed by atoms with Crippen molar-refractivity contribution in [2.24, 2.45) is 0 Å². The highest BCUT2D eigenvalue weighted by molar-refractivity contribution is 9.10. The van der Waals surface area contributed by atoms with Crippen LogP contribution in [0.1, 0.15) is 5.56 Å². The Hall–Kier alpha value is -1.60. The van der Waals surface area contributed by atoms with E-state index in [-0.39, 0.29) is 5.69 Å². The summed E-state index contributed by atoms with van der Waals surface area (Å²) in [5.41, 5.74) is 1.93. The van der Waals surface area contributed by atoms with Crippen molar-refractivity contribution in [3.05, 3.63) is 61.0 Å². The van der Waals surface area contributed by atoms with Crippen LogP contribution in [0.25, 0.3) is 0 Å². The summed E-state index contributed by atoms with van der Waals surface area (Å²) < 4.78 is 6.74. The van der Waals surface area contributed by atoms with Gasteiger partial charge in [0.1, 0.15) is 5.75 Å². The Bertz CT molecular complexity index is 677. The van der Waals surface area contributed by atoms with Crippen LogP contribution in [-0.4, -0.2) is 12.0 Å². The molecule has 21 heavy (non-hydrogen) atoms. The second-order valence-corrected chi connectivity index (χ2v) is 5.94. The first kappa shape index (κ1) is 15.8. The summed E-state index contributed by atoms with van der Waals surface area (Å²) in [7, 11) is 1.61. The van der Waals surface area contributed by atoms with Crippen LogP contribution in [0.2, 0.25) is 0 Å². The van der Waals surface area contributed by atoms with Crippen molar-refractivity contribution in [2.45, 2.75) is 6.54 Å². The number of halogens is 2. The Morgan fingerprint density at radius 1 is 1.19 bits per heavy atom. The first-order valence-corrected chi connectivity index (χ1v) is 7.60. The number of nitro groups is 1. The quantitative estimate of drug-likeness (QED) is 0.565. The molecule has 2 rings (SSSR count). The van der Waals surface area contributed by atoms with Gasteiger partial charge in [0.25, 0.3) is 5.69 Å².